The van der Waals surface area contributed by atoms with Crippen LogP contribution in [0.15, 0.2) is 48.5 Å². The molecule has 2 N–H and O–H groups in total. The number of hydrogen-bond acceptors (Lipinski definition) is 4. The first-order valence-corrected chi connectivity index (χ1v) is 9.98. The maximum Gasteiger partial charge on any atom is 0.241 e. The lowest BCUT2D eigenvalue weighted by atomic mass is 9.99. The molecule has 6 heteroatoms. The molecule has 0 saturated carbocycles. The first-order valence-electron chi connectivity index (χ1n) is 9.98. The number of hydrazine groups is 1. The predicted molar refractivity (Wildman–Crippen MR) is 110 cm³/mol. The highest BCUT2D eigenvalue weighted by Crippen LogP contribution is 2.19. The topological polar surface area (TPSA) is 68.2 Å². The Balaban J connectivity index is 1.76. The highest BCUT2D eigenvalue weighted by Gasteiger charge is 2.32. The van der Waals surface area contributed by atoms with E-state index in [1.807, 2.05) is 18.2 Å². The van der Waals surface area contributed by atoms with Gasteiger partial charge in [0.25, 0.3) is 0 Å². The summed E-state index contributed by atoms with van der Waals surface area (Å²) in [5, 5.41) is 8.98. The zero-order valence-corrected chi connectivity index (χ0v) is 16.9. The number of benzene rings is 2. The number of nitriles is 1. The molecule has 0 aliphatic carbocycles. The van der Waals surface area contributed by atoms with Crippen molar-refractivity contribution in [3.63, 3.8) is 0 Å². The summed E-state index contributed by atoms with van der Waals surface area (Å²) in [4.78, 5) is 15.0. The summed E-state index contributed by atoms with van der Waals surface area (Å²) >= 11 is 0. The molecule has 0 radical (unpaired) electrons. The number of nitrogens with zero attached hydrogens (tertiary/aromatic N) is 2. The van der Waals surface area contributed by atoms with Crippen molar-refractivity contribution in [1.82, 2.24) is 15.8 Å². The van der Waals surface area contributed by atoms with E-state index in [1.165, 1.54) is 12.1 Å². The standard InChI is InChI=1S/C23H27FN4O/c1-16(2)10-21-12-22(27-26-21)23(29)28(15-19-4-3-5-20(24)11-19)14-18-8-6-17(13-25)7-9-18/h3-9,11,16,21-22,26-27H,10,12,14-15H2,1-2H3. The van der Waals surface area contributed by atoms with Gasteiger partial charge >= 0.3 is 0 Å². The fourth-order valence-electron chi connectivity index (χ4n) is 3.70. The van der Waals surface area contributed by atoms with Gasteiger partial charge in [0.1, 0.15) is 11.9 Å². The number of carbonyl (C=O) groups excluding carboxylic acids is 1. The molecule has 0 spiro atoms. The van der Waals surface area contributed by atoms with Crippen molar-refractivity contribution in [1.29, 1.82) is 5.26 Å². The van der Waals surface area contributed by atoms with E-state index in [4.69, 9.17) is 5.26 Å². The molecule has 2 atom stereocenters. The van der Waals surface area contributed by atoms with Crippen LogP contribution >= 0.6 is 0 Å². The predicted octanol–water partition coefficient (Wildman–Crippen LogP) is 3.51. The lowest BCUT2D eigenvalue weighted by molar-refractivity contribution is -0.134. The monoisotopic (exact) mass is 394 g/mol. The largest absolute Gasteiger partial charge is 0.333 e. The van der Waals surface area contributed by atoms with Gasteiger partial charge in [-0.05, 0) is 54.2 Å². The molecule has 1 amide bonds. The van der Waals surface area contributed by atoms with Gasteiger partial charge in [-0.3, -0.25) is 10.2 Å². The molecule has 29 heavy (non-hydrogen) atoms. The summed E-state index contributed by atoms with van der Waals surface area (Å²) in [6, 6.07) is 15.6. The van der Waals surface area contributed by atoms with E-state index in [9.17, 15) is 9.18 Å². The highest BCUT2D eigenvalue weighted by atomic mass is 19.1. The Morgan fingerprint density at radius 3 is 2.55 bits per heavy atom. The van der Waals surface area contributed by atoms with Crippen molar-refractivity contribution in [3.05, 3.63) is 71.0 Å². The molecule has 1 fully saturated rings. The minimum atomic E-state index is -0.314. The summed E-state index contributed by atoms with van der Waals surface area (Å²) in [7, 11) is 0. The zero-order chi connectivity index (χ0) is 20.8. The van der Waals surface area contributed by atoms with Crippen LogP contribution in [0.1, 0.15) is 43.4 Å². The van der Waals surface area contributed by atoms with Gasteiger partial charge in [-0.25, -0.2) is 9.82 Å². The van der Waals surface area contributed by atoms with E-state index in [0.29, 0.717) is 24.6 Å². The average Bonchev–Trinajstić information content (AvgIpc) is 3.15. The maximum absolute atomic E-state index is 13.6. The molecule has 1 aliphatic rings. The average molecular weight is 394 g/mol. The third kappa shape index (κ3) is 5.86. The third-order valence-corrected chi connectivity index (χ3v) is 5.07. The van der Waals surface area contributed by atoms with Gasteiger partial charge in [-0.15, -0.1) is 0 Å². The Morgan fingerprint density at radius 2 is 1.90 bits per heavy atom. The summed E-state index contributed by atoms with van der Waals surface area (Å²) in [6.07, 6.45) is 1.72. The summed E-state index contributed by atoms with van der Waals surface area (Å²) in [5.41, 5.74) is 8.62. The molecule has 3 rings (SSSR count). The molecule has 1 aliphatic heterocycles. The SMILES string of the molecule is CC(C)CC1CC(C(=O)N(Cc2ccc(C#N)cc2)Cc2cccc(F)c2)NN1. The van der Waals surface area contributed by atoms with Crippen LogP contribution in [0.4, 0.5) is 4.39 Å². The van der Waals surface area contributed by atoms with E-state index in [1.54, 1.807) is 23.1 Å². The van der Waals surface area contributed by atoms with Gasteiger partial charge in [-0.2, -0.15) is 5.26 Å². The molecule has 2 unspecified atom stereocenters. The molecule has 2 aromatic carbocycles. The summed E-state index contributed by atoms with van der Waals surface area (Å²) < 4.78 is 13.6. The molecule has 152 valence electrons. The molecule has 1 heterocycles. The van der Waals surface area contributed by atoms with Crippen molar-refractivity contribution >= 4 is 5.91 Å². The van der Waals surface area contributed by atoms with Gasteiger partial charge in [0.15, 0.2) is 0 Å². The van der Waals surface area contributed by atoms with E-state index in [-0.39, 0.29) is 23.8 Å². The molecule has 1 saturated heterocycles. The number of nitrogens with one attached hydrogen (secondary N) is 2. The second kappa shape index (κ2) is 9.64. The normalized spacial score (nSPS) is 18.6. The smallest absolute Gasteiger partial charge is 0.241 e. The number of amides is 1. The molecular formula is C23H27FN4O. The van der Waals surface area contributed by atoms with Crippen molar-refractivity contribution < 1.29 is 9.18 Å². The lowest BCUT2D eigenvalue weighted by Gasteiger charge is -2.26. The van der Waals surface area contributed by atoms with Crippen LogP contribution in [0, 0.1) is 23.1 Å². The first kappa shape index (κ1) is 21.0. The van der Waals surface area contributed by atoms with Crippen LogP contribution in [0.5, 0.6) is 0 Å². The van der Waals surface area contributed by atoms with Gasteiger partial charge in [0.2, 0.25) is 5.91 Å². The van der Waals surface area contributed by atoms with E-state index in [2.05, 4.69) is 30.8 Å². The Hall–Kier alpha value is -2.75. The Labute approximate surface area is 171 Å². The second-order valence-corrected chi connectivity index (χ2v) is 8.04. The number of rotatable bonds is 7. The fraction of sp³-hybridized carbons (Fsp3) is 0.391. The fourth-order valence-corrected chi connectivity index (χ4v) is 3.70. The molecule has 5 nitrogen and oxygen atoms in total. The summed E-state index contributed by atoms with van der Waals surface area (Å²) in [5.74, 6) is 0.216. The Bertz CT molecular complexity index is 875. The minimum absolute atomic E-state index is 0.0163. The Morgan fingerprint density at radius 1 is 1.17 bits per heavy atom. The number of halogens is 1. The van der Waals surface area contributed by atoms with Crippen LogP contribution in [0.3, 0.4) is 0 Å². The number of carbonyl (C=O) groups is 1. The van der Waals surface area contributed by atoms with E-state index in [0.717, 1.165) is 24.0 Å². The van der Waals surface area contributed by atoms with E-state index >= 15 is 0 Å². The highest BCUT2D eigenvalue weighted by molar-refractivity contribution is 5.82. The van der Waals surface area contributed by atoms with Gasteiger partial charge in [0.05, 0.1) is 11.6 Å². The first-order chi connectivity index (χ1) is 13.9. The minimum Gasteiger partial charge on any atom is -0.333 e. The van der Waals surface area contributed by atoms with Crippen molar-refractivity contribution in [2.45, 2.75) is 51.9 Å². The molecule has 0 bridgehead atoms. The second-order valence-electron chi connectivity index (χ2n) is 8.04. The molecular weight excluding hydrogens is 367 g/mol. The van der Waals surface area contributed by atoms with Gasteiger partial charge in [0, 0.05) is 19.1 Å². The van der Waals surface area contributed by atoms with Gasteiger partial charge in [-0.1, -0.05) is 38.1 Å². The molecule has 2 aromatic rings. The quantitative estimate of drug-likeness (QED) is 0.754. The van der Waals surface area contributed by atoms with Crippen LogP contribution in [-0.2, 0) is 17.9 Å². The zero-order valence-electron chi connectivity index (χ0n) is 16.9. The van der Waals surface area contributed by atoms with Crippen molar-refractivity contribution in [2.75, 3.05) is 0 Å². The van der Waals surface area contributed by atoms with Gasteiger partial charge < -0.3 is 4.90 Å². The third-order valence-electron chi connectivity index (χ3n) is 5.07. The van der Waals surface area contributed by atoms with Crippen molar-refractivity contribution in [3.8, 4) is 6.07 Å². The van der Waals surface area contributed by atoms with Crippen LogP contribution in [0.2, 0.25) is 0 Å². The van der Waals surface area contributed by atoms with Crippen LogP contribution in [-0.4, -0.2) is 22.9 Å². The summed E-state index contributed by atoms with van der Waals surface area (Å²) in [6.45, 7) is 5.05. The maximum atomic E-state index is 13.6. The molecule has 0 aromatic heterocycles. The number of hydrogen-bond donors (Lipinski definition) is 2. The van der Waals surface area contributed by atoms with Crippen molar-refractivity contribution in [2.24, 2.45) is 5.92 Å². The van der Waals surface area contributed by atoms with Crippen LogP contribution in [0.25, 0.3) is 0 Å². The van der Waals surface area contributed by atoms with Crippen LogP contribution < -0.4 is 10.9 Å². The lowest BCUT2D eigenvalue weighted by Crippen LogP contribution is -2.45. The Kier molecular flexibility index (Phi) is 6.97. The van der Waals surface area contributed by atoms with E-state index < -0.39 is 0 Å².